The van der Waals surface area contributed by atoms with Gasteiger partial charge in [0.15, 0.2) is 11.9 Å². The zero-order valence-electron chi connectivity index (χ0n) is 20.5. The molecule has 0 aliphatic heterocycles. The highest BCUT2D eigenvalue weighted by molar-refractivity contribution is 5.85. The van der Waals surface area contributed by atoms with Gasteiger partial charge in [0.1, 0.15) is 0 Å². The first-order chi connectivity index (χ1) is 18.3. The third kappa shape index (κ3) is 4.66. The number of amides is 1. The number of carbonyl (C=O) groups is 1. The Balaban J connectivity index is 1.16. The highest BCUT2D eigenvalue weighted by atomic mass is 19.4. The molecule has 196 valence electrons. The van der Waals surface area contributed by atoms with E-state index in [4.69, 9.17) is 0 Å². The summed E-state index contributed by atoms with van der Waals surface area (Å²) >= 11 is 0. The molecule has 38 heavy (non-hydrogen) atoms. The molecule has 9 nitrogen and oxygen atoms in total. The van der Waals surface area contributed by atoms with Gasteiger partial charge in [-0.3, -0.25) is 14.8 Å². The summed E-state index contributed by atoms with van der Waals surface area (Å²) in [4.78, 5) is 21.7. The lowest BCUT2D eigenvalue weighted by Crippen LogP contribution is -2.44. The maximum atomic E-state index is 14.0. The monoisotopic (exact) mass is 522 g/mol. The van der Waals surface area contributed by atoms with Crippen LogP contribution in [0.2, 0.25) is 0 Å². The number of rotatable bonds is 7. The fourth-order valence-electron chi connectivity index (χ4n) is 5.08. The minimum Gasteiger partial charge on any atom is -0.354 e. The normalized spacial score (nSPS) is 20.1. The molecule has 2 fully saturated rings. The third-order valence-electron chi connectivity index (χ3n) is 7.31. The van der Waals surface area contributed by atoms with Crippen LogP contribution in [0.1, 0.15) is 60.5 Å². The van der Waals surface area contributed by atoms with Gasteiger partial charge in [-0.2, -0.15) is 13.2 Å². The van der Waals surface area contributed by atoms with Gasteiger partial charge in [0.25, 0.3) is 0 Å². The first-order valence-corrected chi connectivity index (χ1v) is 12.5. The number of carbonyl (C=O) groups excluding carboxylic acids is 1. The molecule has 0 spiro atoms. The van der Waals surface area contributed by atoms with Gasteiger partial charge in [0.05, 0.1) is 22.9 Å². The summed E-state index contributed by atoms with van der Waals surface area (Å²) in [6.45, 7) is 0. The fraction of sp³-hybridized carbons (Fsp3) is 0.385. The number of benzene rings is 1. The maximum absolute atomic E-state index is 14.0. The van der Waals surface area contributed by atoms with E-state index in [1.54, 1.807) is 31.6 Å². The van der Waals surface area contributed by atoms with Gasteiger partial charge in [-0.25, -0.2) is 4.68 Å². The van der Waals surface area contributed by atoms with Gasteiger partial charge in [-0.15, -0.1) is 5.10 Å². The standard InChI is InChI=1S/C26H25F3N8O/c1-37-24(34-35-36-37)16-11-17(12-16)25(38)33-23(26(27,28)29)15-6-8-18(9-7-15)32-20-13-31-19-3-2-10-30-22(19)21(20)14-4-5-14/h2-3,6-10,13-14,16-17,23,32H,4-5,11-12H2,1H3,(H,33,38)/t16?,17?,23-/m0/s1. The van der Waals surface area contributed by atoms with E-state index in [1.807, 2.05) is 12.1 Å². The van der Waals surface area contributed by atoms with Gasteiger partial charge in [-0.05, 0) is 71.9 Å². The minimum absolute atomic E-state index is 0.0366. The molecule has 2 N–H and O–H groups in total. The molecule has 1 amide bonds. The van der Waals surface area contributed by atoms with Crippen molar-refractivity contribution in [2.45, 2.75) is 49.7 Å². The first-order valence-electron chi connectivity index (χ1n) is 12.5. The van der Waals surface area contributed by atoms with E-state index in [-0.39, 0.29) is 11.5 Å². The molecule has 2 saturated carbocycles. The van der Waals surface area contributed by atoms with Crippen molar-refractivity contribution < 1.29 is 18.0 Å². The number of hydrogen-bond donors (Lipinski definition) is 2. The van der Waals surface area contributed by atoms with Crippen molar-refractivity contribution in [3.8, 4) is 0 Å². The number of pyridine rings is 2. The summed E-state index contributed by atoms with van der Waals surface area (Å²) in [5.41, 5.74) is 4.11. The molecule has 0 bridgehead atoms. The number of aryl methyl sites for hydroxylation is 1. The zero-order chi connectivity index (χ0) is 26.4. The second-order valence-corrected chi connectivity index (χ2v) is 9.99. The first kappa shape index (κ1) is 24.3. The Morgan fingerprint density at radius 2 is 1.84 bits per heavy atom. The molecule has 0 radical (unpaired) electrons. The summed E-state index contributed by atoms with van der Waals surface area (Å²) in [7, 11) is 1.70. The van der Waals surface area contributed by atoms with Crippen molar-refractivity contribution in [1.29, 1.82) is 0 Å². The molecule has 0 unspecified atom stereocenters. The maximum Gasteiger partial charge on any atom is 0.412 e. The summed E-state index contributed by atoms with van der Waals surface area (Å²) in [5, 5.41) is 16.8. The van der Waals surface area contributed by atoms with Crippen LogP contribution in [0.25, 0.3) is 11.0 Å². The Hall–Kier alpha value is -4.09. The van der Waals surface area contributed by atoms with Crippen molar-refractivity contribution >= 4 is 28.3 Å². The van der Waals surface area contributed by atoms with E-state index < -0.39 is 24.0 Å². The highest BCUT2D eigenvalue weighted by Gasteiger charge is 2.45. The number of tetrazole rings is 1. The molecule has 4 aromatic rings. The quantitative estimate of drug-likeness (QED) is 0.362. The van der Waals surface area contributed by atoms with E-state index in [0.717, 1.165) is 35.1 Å². The molecule has 2 aliphatic rings. The largest absolute Gasteiger partial charge is 0.412 e. The summed E-state index contributed by atoms with van der Waals surface area (Å²) in [5.74, 6) is -0.160. The zero-order valence-corrected chi connectivity index (χ0v) is 20.5. The van der Waals surface area contributed by atoms with Crippen molar-refractivity contribution in [2.24, 2.45) is 13.0 Å². The van der Waals surface area contributed by atoms with E-state index in [0.29, 0.717) is 30.3 Å². The van der Waals surface area contributed by atoms with E-state index in [1.165, 1.54) is 16.8 Å². The predicted octanol–water partition coefficient (Wildman–Crippen LogP) is 4.69. The number of hydrogen-bond acceptors (Lipinski definition) is 7. The lowest BCUT2D eigenvalue weighted by Gasteiger charge is -2.34. The van der Waals surface area contributed by atoms with E-state index in [9.17, 15) is 18.0 Å². The number of aromatic nitrogens is 6. The fourth-order valence-corrected chi connectivity index (χ4v) is 5.08. The minimum atomic E-state index is -4.64. The second-order valence-electron chi connectivity index (χ2n) is 9.99. The summed E-state index contributed by atoms with van der Waals surface area (Å²) in [6.07, 6.45) is 1.77. The van der Waals surface area contributed by atoms with Crippen molar-refractivity contribution in [3.05, 3.63) is 65.7 Å². The van der Waals surface area contributed by atoms with Crippen molar-refractivity contribution in [3.63, 3.8) is 0 Å². The van der Waals surface area contributed by atoms with Crippen LogP contribution in [-0.4, -0.2) is 42.3 Å². The Morgan fingerprint density at radius 3 is 2.50 bits per heavy atom. The van der Waals surface area contributed by atoms with Crippen LogP contribution in [0, 0.1) is 5.92 Å². The predicted molar refractivity (Wildman–Crippen MR) is 132 cm³/mol. The number of nitrogens with one attached hydrogen (secondary N) is 2. The van der Waals surface area contributed by atoms with Crippen molar-refractivity contribution in [2.75, 3.05) is 5.32 Å². The summed E-state index contributed by atoms with van der Waals surface area (Å²) in [6, 6.07) is 7.59. The number of alkyl halides is 3. The average Bonchev–Trinajstić information content (AvgIpc) is 3.62. The molecule has 3 heterocycles. The Kier molecular flexibility index (Phi) is 5.96. The number of anilines is 2. The topological polar surface area (TPSA) is 111 Å². The van der Waals surface area contributed by atoms with Crippen LogP contribution >= 0.6 is 0 Å². The smallest absolute Gasteiger partial charge is 0.354 e. The van der Waals surface area contributed by atoms with Gasteiger partial charge in [-0.1, -0.05) is 12.1 Å². The molecule has 1 atom stereocenters. The van der Waals surface area contributed by atoms with E-state index in [2.05, 4.69) is 36.1 Å². The molecule has 0 saturated heterocycles. The van der Waals surface area contributed by atoms with Crippen LogP contribution in [0.4, 0.5) is 24.5 Å². The molecule has 2 aliphatic carbocycles. The molecular formula is C26H25F3N8O. The van der Waals surface area contributed by atoms with Crippen LogP contribution < -0.4 is 10.6 Å². The van der Waals surface area contributed by atoms with Gasteiger partial charge in [0.2, 0.25) is 5.91 Å². The number of halogens is 3. The second kappa shape index (κ2) is 9.34. The number of nitrogens with zero attached hydrogens (tertiary/aromatic N) is 6. The highest BCUT2D eigenvalue weighted by Crippen LogP contribution is 2.46. The van der Waals surface area contributed by atoms with Crippen LogP contribution in [0.3, 0.4) is 0 Å². The Bertz CT molecular complexity index is 1480. The Labute approximate surface area is 215 Å². The van der Waals surface area contributed by atoms with Gasteiger partial charge < -0.3 is 10.6 Å². The van der Waals surface area contributed by atoms with Crippen molar-refractivity contribution in [1.82, 2.24) is 35.5 Å². The van der Waals surface area contributed by atoms with E-state index >= 15 is 0 Å². The average molecular weight is 523 g/mol. The molecule has 3 aromatic heterocycles. The Morgan fingerprint density at radius 1 is 1.08 bits per heavy atom. The lowest BCUT2D eigenvalue weighted by atomic mass is 9.73. The van der Waals surface area contributed by atoms with Gasteiger partial charge in [0, 0.05) is 36.3 Å². The molecule has 6 rings (SSSR count). The molecule has 1 aromatic carbocycles. The molecule has 12 heteroatoms. The SMILES string of the molecule is Cn1nnnc1C1CC(C(=O)N[C@@H](c2ccc(Nc3cnc4cccnc4c3C3CC3)cc2)C(F)(F)F)C1. The number of fused-ring (bicyclic) bond motifs is 1. The molecular weight excluding hydrogens is 497 g/mol. The van der Waals surface area contributed by atoms with Crippen LogP contribution in [0.15, 0.2) is 48.8 Å². The summed E-state index contributed by atoms with van der Waals surface area (Å²) < 4.78 is 43.4. The van der Waals surface area contributed by atoms with Gasteiger partial charge >= 0.3 is 6.18 Å². The van der Waals surface area contributed by atoms with Crippen LogP contribution in [0.5, 0.6) is 0 Å². The lowest BCUT2D eigenvalue weighted by molar-refractivity contribution is -0.165. The van der Waals surface area contributed by atoms with Crippen LogP contribution in [-0.2, 0) is 11.8 Å². The third-order valence-corrected chi connectivity index (χ3v) is 7.31.